The van der Waals surface area contributed by atoms with E-state index in [1.54, 1.807) is 12.4 Å². The Labute approximate surface area is 129 Å². The molecule has 0 aliphatic heterocycles. The highest BCUT2D eigenvalue weighted by Gasteiger charge is 2.19. The van der Waals surface area contributed by atoms with Crippen molar-refractivity contribution in [3.8, 4) is 11.1 Å². The molecule has 0 saturated carbocycles. The fourth-order valence-electron chi connectivity index (χ4n) is 2.01. The minimum absolute atomic E-state index is 0.227. The molecule has 114 valence electrons. The fraction of sp³-hybridized carbons (Fsp3) is 0.467. The summed E-state index contributed by atoms with van der Waals surface area (Å²) in [6.45, 7) is 7.74. The Balaban J connectivity index is 2.24. The summed E-state index contributed by atoms with van der Waals surface area (Å²) in [5, 5.41) is 4.52. The second kappa shape index (κ2) is 7.38. The third kappa shape index (κ3) is 3.92. The van der Waals surface area contributed by atoms with Gasteiger partial charge in [-0.1, -0.05) is 13.8 Å². The molecule has 2 aromatic rings. The number of nitrogen functional groups attached to an aromatic ring is 1. The zero-order valence-corrected chi connectivity index (χ0v) is 13.5. The Hall–Kier alpha value is -1.66. The number of nitrogens with two attached hydrogens (primary N) is 1. The van der Waals surface area contributed by atoms with Gasteiger partial charge < -0.3 is 15.8 Å². The van der Waals surface area contributed by atoms with Crippen LogP contribution in [0.2, 0.25) is 0 Å². The first-order valence-electron chi connectivity index (χ1n) is 7.13. The number of nitrogens with one attached hydrogen (secondary N) is 1. The second-order valence-electron chi connectivity index (χ2n) is 5.16. The summed E-state index contributed by atoms with van der Waals surface area (Å²) >= 11 is 1.39. The molecule has 2 heterocycles. The van der Waals surface area contributed by atoms with Crippen LogP contribution >= 0.6 is 11.5 Å². The molecule has 0 saturated heterocycles. The van der Waals surface area contributed by atoms with E-state index in [1.807, 2.05) is 19.1 Å². The van der Waals surface area contributed by atoms with Crippen LogP contribution in [0.5, 0.6) is 0 Å². The zero-order chi connectivity index (χ0) is 15.2. The molecule has 3 N–H and O–H groups in total. The number of pyridine rings is 1. The third-order valence-electron chi connectivity index (χ3n) is 3.31. The molecule has 0 radical (unpaired) electrons. The number of hydrogen-bond donors (Lipinski definition) is 2. The maximum atomic E-state index is 6.03. The maximum Gasteiger partial charge on any atom is 0.147 e. The van der Waals surface area contributed by atoms with Crippen LogP contribution in [0.3, 0.4) is 0 Å². The van der Waals surface area contributed by atoms with Gasteiger partial charge in [-0.15, -0.1) is 0 Å². The van der Waals surface area contributed by atoms with Crippen molar-refractivity contribution in [1.82, 2.24) is 9.36 Å². The Morgan fingerprint density at radius 1 is 1.33 bits per heavy atom. The van der Waals surface area contributed by atoms with Crippen molar-refractivity contribution in [2.75, 3.05) is 24.3 Å². The number of aromatic nitrogens is 2. The molecule has 0 aliphatic rings. The molecule has 0 aliphatic carbocycles. The van der Waals surface area contributed by atoms with Gasteiger partial charge in [-0.25, -0.2) is 0 Å². The van der Waals surface area contributed by atoms with Crippen LogP contribution in [0.1, 0.15) is 20.8 Å². The van der Waals surface area contributed by atoms with Gasteiger partial charge in [0.1, 0.15) is 10.8 Å². The van der Waals surface area contributed by atoms with Gasteiger partial charge in [0.25, 0.3) is 0 Å². The van der Waals surface area contributed by atoms with E-state index in [0.29, 0.717) is 24.9 Å². The number of nitrogens with zero attached hydrogens (tertiary/aromatic N) is 2. The molecule has 1 unspecified atom stereocenters. The highest BCUT2D eigenvalue weighted by atomic mass is 32.1. The van der Waals surface area contributed by atoms with E-state index < -0.39 is 0 Å². The molecule has 0 bridgehead atoms. The van der Waals surface area contributed by atoms with Gasteiger partial charge in [-0.3, -0.25) is 4.98 Å². The van der Waals surface area contributed by atoms with Crippen molar-refractivity contribution in [2.24, 2.45) is 5.92 Å². The Bertz CT molecular complexity index is 556. The summed E-state index contributed by atoms with van der Waals surface area (Å²) < 4.78 is 9.84. The molecule has 1 atom stereocenters. The third-order valence-corrected chi connectivity index (χ3v) is 4.10. The largest absolute Gasteiger partial charge is 0.382 e. The van der Waals surface area contributed by atoms with E-state index >= 15 is 0 Å². The number of rotatable bonds is 7. The van der Waals surface area contributed by atoms with Gasteiger partial charge >= 0.3 is 0 Å². The van der Waals surface area contributed by atoms with E-state index in [4.69, 9.17) is 10.5 Å². The maximum absolute atomic E-state index is 6.03. The quantitative estimate of drug-likeness (QED) is 0.821. The Morgan fingerprint density at radius 3 is 2.67 bits per heavy atom. The second-order valence-corrected chi connectivity index (χ2v) is 5.94. The molecule has 21 heavy (non-hydrogen) atoms. The normalized spacial score (nSPS) is 12.6. The molecule has 6 heteroatoms. The first-order chi connectivity index (χ1) is 10.1. The van der Waals surface area contributed by atoms with E-state index in [9.17, 15) is 0 Å². The molecular weight excluding hydrogens is 284 g/mol. The van der Waals surface area contributed by atoms with Crippen LogP contribution in [-0.2, 0) is 4.74 Å². The van der Waals surface area contributed by atoms with E-state index in [2.05, 4.69) is 28.5 Å². The van der Waals surface area contributed by atoms with Crippen molar-refractivity contribution < 1.29 is 4.74 Å². The molecule has 0 fully saturated rings. The van der Waals surface area contributed by atoms with E-state index in [1.165, 1.54) is 11.5 Å². The van der Waals surface area contributed by atoms with Crippen molar-refractivity contribution in [3.63, 3.8) is 0 Å². The monoisotopic (exact) mass is 306 g/mol. The lowest BCUT2D eigenvalue weighted by Gasteiger charge is -2.23. The van der Waals surface area contributed by atoms with Crippen molar-refractivity contribution >= 4 is 22.4 Å². The standard InChI is InChI=1S/C15H22N4OS/c1-4-20-9-12(10(2)3)18-15-13(14(16)19-21-15)11-5-7-17-8-6-11/h5-8,10,12,18H,4,9H2,1-3H3,(H2,16,19). The lowest BCUT2D eigenvalue weighted by atomic mass is 10.0. The van der Waals surface area contributed by atoms with Crippen LogP contribution in [-0.4, -0.2) is 28.6 Å². The average Bonchev–Trinajstić information content (AvgIpc) is 2.84. The van der Waals surface area contributed by atoms with Crippen LogP contribution in [0.25, 0.3) is 11.1 Å². The van der Waals surface area contributed by atoms with Crippen molar-refractivity contribution in [2.45, 2.75) is 26.8 Å². The number of ether oxygens (including phenoxy) is 1. The Kier molecular flexibility index (Phi) is 5.52. The predicted molar refractivity (Wildman–Crippen MR) is 88.5 cm³/mol. The number of hydrogen-bond acceptors (Lipinski definition) is 6. The van der Waals surface area contributed by atoms with Gasteiger partial charge in [-0.2, -0.15) is 4.37 Å². The van der Waals surface area contributed by atoms with Crippen LogP contribution in [0.15, 0.2) is 24.5 Å². The van der Waals surface area contributed by atoms with E-state index in [0.717, 1.165) is 16.1 Å². The summed E-state index contributed by atoms with van der Waals surface area (Å²) in [6, 6.07) is 4.11. The topological polar surface area (TPSA) is 73.1 Å². The molecule has 2 rings (SSSR count). The minimum Gasteiger partial charge on any atom is -0.382 e. The summed E-state index contributed by atoms with van der Waals surface area (Å²) in [4.78, 5) is 4.05. The number of anilines is 2. The van der Waals surface area contributed by atoms with Gasteiger partial charge in [0.2, 0.25) is 0 Å². The van der Waals surface area contributed by atoms with Gasteiger partial charge in [0.15, 0.2) is 0 Å². The summed E-state index contributed by atoms with van der Waals surface area (Å²) in [7, 11) is 0. The lowest BCUT2D eigenvalue weighted by Crippen LogP contribution is -2.30. The SMILES string of the molecule is CCOCC(Nc1snc(N)c1-c1ccncc1)C(C)C. The summed E-state index contributed by atoms with van der Waals surface area (Å²) in [5.74, 6) is 0.998. The van der Waals surface area contributed by atoms with Crippen molar-refractivity contribution in [1.29, 1.82) is 0 Å². The summed E-state index contributed by atoms with van der Waals surface area (Å²) in [6.07, 6.45) is 3.52. The molecule has 0 amide bonds. The zero-order valence-electron chi connectivity index (χ0n) is 12.7. The average molecular weight is 306 g/mol. The van der Waals surface area contributed by atoms with Gasteiger partial charge in [-0.05, 0) is 42.1 Å². The smallest absolute Gasteiger partial charge is 0.147 e. The minimum atomic E-state index is 0.227. The molecule has 5 nitrogen and oxygen atoms in total. The highest BCUT2D eigenvalue weighted by molar-refractivity contribution is 7.11. The van der Waals surface area contributed by atoms with Crippen LogP contribution < -0.4 is 11.1 Å². The fourth-order valence-corrected chi connectivity index (χ4v) is 2.81. The van der Waals surface area contributed by atoms with Gasteiger partial charge in [0.05, 0.1) is 18.2 Å². The first-order valence-corrected chi connectivity index (χ1v) is 7.90. The molecule has 0 aromatic carbocycles. The molecule has 0 spiro atoms. The van der Waals surface area contributed by atoms with Crippen LogP contribution in [0.4, 0.5) is 10.8 Å². The molecular formula is C15H22N4OS. The van der Waals surface area contributed by atoms with Crippen LogP contribution in [0, 0.1) is 5.92 Å². The van der Waals surface area contributed by atoms with E-state index in [-0.39, 0.29) is 6.04 Å². The lowest BCUT2D eigenvalue weighted by molar-refractivity contribution is 0.127. The van der Waals surface area contributed by atoms with Gasteiger partial charge in [0, 0.05) is 19.0 Å². The Morgan fingerprint density at radius 2 is 2.05 bits per heavy atom. The first kappa shape index (κ1) is 15.7. The summed E-state index contributed by atoms with van der Waals surface area (Å²) in [5.41, 5.74) is 8.01. The van der Waals surface area contributed by atoms with Crippen molar-refractivity contribution in [3.05, 3.63) is 24.5 Å². The molecule has 2 aromatic heterocycles. The highest BCUT2D eigenvalue weighted by Crippen LogP contribution is 2.37. The predicted octanol–water partition coefficient (Wildman–Crippen LogP) is 3.26.